The van der Waals surface area contributed by atoms with E-state index in [4.69, 9.17) is 5.73 Å². The van der Waals surface area contributed by atoms with Crippen molar-refractivity contribution < 1.29 is 14.1 Å². The van der Waals surface area contributed by atoms with Gasteiger partial charge in [-0.15, -0.1) is 0 Å². The number of nitro groups is 1. The van der Waals surface area contributed by atoms with Gasteiger partial charge in [0.1, 0.15) is 13.2 Å². The van der Waals surface area contributed by atoms with Crippen LogP contribution in [0.25, 0.3) is 0 Å². The summed E-state index contributed by atoms with van der Waals surface area (Å²) in [7, 11) is 0. The van der Waals surface area contributed by atoms with Crippen LogP contribution in [-0.2, 0) is 0 Å². The van der Waals surface area contributed by atoms with Gasteiger partial charge in [0.2, 0.25) is 0 Å². The molecule has 110 valence electrons. The summed E-state index contributed by atoms with van der Waals surface area (Å²) in [6, 6.07) is -0.392. The molecule has 2 rings (SSSR count). The molecular formula is C11H16FN5O3. The first-order chi connectivity index (χ1) is 9.46. The van der Waals surface area contributed by atoms with Crippen LogP contribution in [0.4, 0.5) is 9.18 Å². The molecule has 2 aliphatic heterocycles. The molecule has 1 saturated heterocycles. The molecule has 0 aromatic rings. The number of halogens is 1. The molecule has 2 heterocycles. The number of aliphatic imine (C=N–C) groups is 1. The third-order valence-corrected chi connectivity index (χ3v) is 3.30. The van der Waals surface area contributed by atoms with Crippen molar-refractivity contribution in [3.8, 4) is 0 Å². The number of hydrogen-bond acceptors (Lipinski definition) is 5. The van der Waals surface area contributed by atoms with Crippen LogP contribution in [-0.4, -0.2) is 60.1 Å². The molecule has 1 atom stereocenters. The van der Waals surface area contributed by atoms with Gasteiger partial charge in [0, 0.05) is 42.8 Å². The Bertz CT molecular complexity index is 492. The van der Waals surface area contributed by atoms with Crippen molar-refractivity contribution in [3.05, 3.63) is 21.8 Å². The van der Waals surface area contributed by atoms with Crippen LogP contribution in [0.3, 0.4) is 0 Å². The Morgan fingerprint density at radius 2 is 2.45 bits per heavy atom. The van der Waals surface area contributed by atoms with Crippen molar-refractivity contribution in [1.82, 2.24) is 10.2 Å². The number of carbonyl (C=O) groups excluding carboxylic acids is 1. The quantitative estimate of drug-likeness (QED) is 0.420. The van der Waals surface area contributed by atoms with Gasteiger partial charge in [-0.25, -0.2) is 9.18 Å². The van der Waals surface area contributed by atoms with E-state index in [9.17, 15) is 19.3 Å². The Morgan fingerprint density at radius 1 is 1.70 bits per heavy atom. The van der Waals surface area contributed by atoms with Crippen LogP contribution in [0.15, 0.2) is 16.6 Å². The van der Waals surface area contributed by atoms with E-state index in [1.165, 1.54) is 11.0 Å². The van der Waals surface area contributed by atoms with Crippen molar-refractivity contribution in [2.24, 2.45) is 10.7 Å². The topological polar surface area (TPSA) is 114 Å². The molecule has 1 fully saturated rings. The number of dihydropyridines is 1. The van der Waals surface area contributed by atoms with Crippen molar-refractivity contribution in [2.45, 2.75) is 12.1 Å². The van der Waals surface area contributed by atoms with Gasteiger partial charge in [0.25, 0.3) is 0 Å². The van der Waals surface area contributed by atoms with Gasteiger partial charge in [0.15, 0.2) is 0 Å². The molecule has 0 saturated carbocycles. The zero-order chi connectivity index (χ0) is 14.8. The van der Waals surface area contributed by atoms with E-state index in [2.05, 4.69) is 10.3 Å². The first-order valence-corrected chi connectivity index (χ1v) is 6.24. The first-order valence-electron chi connectivity index (χ1n) is 6.24. The van der Waals surface area contributed by atoms with E-state index >= 15 is 0 Å². The maximum atomic E-state index is 12.0. The zero-order valence-electron chi connectivity index (χ0n) is 10.8. The fraction of sp³-hybridized carbons (Fsp3) is 0.636. The van der Waals surface area contributed by atoms with Gasteiger partial charge >= 0.3 is 11.7 Å². The Kier molecular flexibility index (Phi) is 3.98. The second-order valence-electron chi connectivity index (χ2n) is 4.77. The number of rotatable bonds is 3. The average molecular weight is 285 g/mol. The van der Waals surface area contributed by atoms with E-state index in [-0.39, 0.29) is 19.6 Å². The normalized spacial score (nSPS) is 25.4. The lowest BCUT2D eigenvalue weighted by Gasteiger charge is -2.33. The number of nitrogens with one attached hydrogen (secondary N) is 1. The highest BCUT2D eigenvalue weighted by atomic mass is 19.1. The van der Waals surface area contributed by atoms with E-state index < -0.39 is 23.3 Å². The molecule has 0 aromatic carbocycles. The molecule has 9 heteroatoms. The minimum atomic E-state index is -1.71. The maximum absolute atomic E-state index is 12.0. The van der Waals surface area contributed by atoms with Crippen LogP contribution >= 0.6 is 0 Å². The minimum absolute atomic E-state index is 0.0505. The van der Waals surface area contributed by atoms with Gasteiger partial charge in [-0.1, -0.05) is 0 Å². The third kappa shape index (κ3) is 2.77. The van der Waals surface area contributed by atoms with E-state index in [0.29, 0.717) is 18.5 Å². The van der Waals surface area contributed by atoms with E-state index in [1.807, 2.05) is 0 Å². The third-order valence-electron chi connectivity index (χ3n) is 3.30. The molecular weight excluding hydrogens is 269 g/mol. The standard InChI is InChI=1S/C11H16FN5O3/c12-2-3-14-10(18)16-4-1-9-8(6-16)5-11(13,7-15-9)17(19)20/h5H,1-4,6-7,13H2,(H,14,18). The number of alkyl halides is 1. The number of nitrogens with two attached hydrogens (primary N) is 1. The van der Waals surface area contributed by atoms with Crippen LogP contribution in [0.5, 0.6) is 0 Å². The van der Waals surface area contributed by atoms with Crippen molar-refractivity contribution in [3.63, 3.8) is 0 Å². The highest BCUT2D eigenvalue weighted by Crippen LogP contribution is 2.22. The smallest absolute Gasteiger partial charge is 0.317 e. The van der Waals surface area contributed by atoms with Gasteiger partial charge in [0.05, 0.1) is 0 Å². The van der Waals surface area contributed by atoms with Crippen LogP contribution in [0.2, 0.25) is 0 Å². The monoisotopic (exact) mass is 285 g/mol. The summed E-state index contributed by atoms with van der Waals surface area (Å²) in [5, 5.41) is 13.4. The summed E-state index contributed by atoms with van der Waals surface area (Å²) in [5.74, 6) is 0. The Hall–Kier alpha value is -2.03. The zero-order valence-corrected chi connectivity index (χ0v) is 10.8. The lowest BCUT2D eigenvalue weighted by molar-refractivity contribution is -0.551. The van der Waals surface area contributed by atoms with Crippen molar-refractivity contribution >= 4 is 11.7 Å². The highest BCUT2D eigenvalue weighted by molar-refractivity contribution is 6.03. The molecule has 0 radical (unpaired) electrons. The lowest BCUT2D eigenvalue weighted by atomic mass is 9.94. The Morgan fingerprint density at radius 3 is 3.10 bits per heavy atom. The second-order valence-corrected chi connectivity index (χ2v) is 4.77. The maximum Gasteiger partial charge on any atom is 0.317 e. The van der Waals surface area contributed by atoms with Gasteiger partial charge in [-0.05, 0) is 5.57 Å². The first kappa shape index (κ1) is 14.4. The van der Waals surface area contributed by atoms with Gasteiger partial charge < -0.3 is 10.2 Å². The molecule has 0 bridgehead atoms. The number of hydrogen-bond donors (Lipinski definition) is 2. The number of fused-ring (bicyclic) bond motifs is 1. The van der Waals surface area contributed by atoms with Crippen LogP contribution in [0, 0.1) is 10.1 Å². The lowest BCUT2D eigenvalue weighted by Crippen LogP contribution is -2.53. The second kappa shape index (κ2) is 5.53. The number of nitrogens with zero attached hydrogens (tertiary/aromatic N) is 3. The van der Waals surface area contributed by atoms with E-state index in [0.717, 1.165) is 5.71 Å². The van der Waals surface area contributed by atoms with E-state index in [1.54, 1.807) is 0 Å². The summed E-state index contributed by atoms with van der Waals surface area (Å²) in [6.07, 6.45) is 1.88. The SMILES string of the molecule is NC1([N+](=O)[O-])C=C2CN(C(=O)NCCF)CCC2=NC1. The highest BCUT2D eigenvalue weighted by Gasteiger charge is 2.40. The fourth-order valence-corrected chi connectivity index (χ4v) is 2.21. The van der Waals surface area contributed by atoms with Crippen LogP contribution in [0.1, 0.15) is 6.42 Å². The molecule has 3 N–H and O–H groups in total. The Balaban J connectivity index is 2.10. The molecule has 1 unspecified atom stereocenters. The largest absolute Gasteiger partial charge is 0.335 e. The summed E-state index contributed by atoms with van der Waals surface area (Å²) in [4.78, 5) is 27.7. The molecule has 0 spiro atoms. The molecule has 2 amide bonds. The Labute approximate surface area is 114 Å². The summed E-state index contributed by atoms with van der Waals surface area (Å²) < 4.78 is 12.0. The molecule has 0 aliphatic carbocycles. The van der Waals surface area contributed by atoms with Crippen molar-refractivity contribution in [1.29, 1.82) is 0 Å². The minimum Gasteiger partial charge on any atom is -0.335 e. The predicted molar refractivity (Wildman–Crippen MR) is 69.9 cm³/mol. The number of piperidine rings is 1. The summed E-state index contributed by atoms with van der Waals surface area (Å²) in [5.41, 5.74) is 5.30. The summed E-state index contributed by atoms with van der Waals surface area (Å²) >= 11 is 0. The number of amides is 2. The number of carbonyl (C=O) groups is 1. The molecule has 8 nitrogen and oxygen atoms in total. The van der Waals surface area contributed by atoms with Gasteiger partial charge in [-0.2, -0.15) is 0 Å². The number of likely N-dealkylation sites (tertiary alicyclic amines) is 1. The van der Waals surface area contributed by atoms with Crippen molar-refractivity contribution in [2.75, 3.05) is 32.9 Å². The van der Waals surface area contributed by atoms with Crippen LogP contribution < -0.4 is 11.1 Å². The average Bonchev–Trinajstić information content (AvgIpc) is 2.43. The summed E-state index contributed by atoms with van der Waals surface area (Å²) in [6.45, 7) is -0.131. The fourth-order valence-electron chi connectivity index (χ4n) is 2.21. The number of urea groups is 1. The molecule has 0 aromatic heterocycles. The van der Waals surface area contributed by atoms with Gasteiger partial charge in [-0.3, -0.25) is 20.8 Å². The predicted octanol–water partition coefficient (Wildman–Crippen LogP) is -0.316. The molecule has 20 heavy (non-hydrogen) atoms. The molecule has 2 aliphatic rings.